The maximum absolute atomic E-state index is 12.1. The van der Waals surface area contributed by atoms with Gasteiger partial charge in [-0.25, -0.2) is 0 Å². The fourth-order valence-corrected chi connectivity index (χ4v) is 3.05. The predicted octanol–water partition coefficient (Wildman–Crippen LogP) is 2.72. The Morgan fingerprint density at radius 1 is 1.37 bits per heavy atom. The van der Waals surface area contributed by atoms with Gasteiger partial charge < -0.3 is 5.11 Å². The topological polar surface area (TPSA) is 40.5 Å². The third-order valence-corrected chi connectivity index (χ3v) is 4.56. The van der Waals surface area contributed by atoms with Crippen LogP contribution in [0.4, 0.5) is 0 Å². The first kappa shape index (κ1) is 16.6. The van der Waals surface area contributed by atoms with Crippen molar-refractivity contribution in [1.82, 2.24) is 4.90 Å². The third-order valence-electron chi connectivity index (χ3n) is 4.56. The minimum absolute atomic E-state index is 0.159. The first-order valence-electron chi connectivity index (χ1n) is 7.63. The van der Waals surface area contributed by atoms with Crippen LogP contribution >= 0.6 is 0 Å². The van der Waals surface area contributed by atoms with E-state index in [4.69, 9.17) is 5.11 Å². The van der Waals surface area contributed by atoms with E-state index >= 15 is 0 Å². The second-order valence-corrected chi connectivity index (χ2v) is 7.31. The number of nitrogens with zero attached hydrogens (tertiary/aromatic N) is 1. The van der Waals surface area contributed by atoms with Crippen LogP contribution in [0.1, 0.15) is 53.9 Å². The summed E-state index contributed by atoms with van der Waals surface area (Å²) in [6, 6.07) is 0.384. The number of hydrogen-bond acceptors (Lipinski definition) is 3. The van der Waals surface area contributed by atoms with E-state index in [1.807, 2.05) is 0 Å². The van der Waals surface area contributed by atoms with Crippen LogP contribution in [-0.4, -0.2) is 41.5 Å². The smallest absolute Gasteiger partial charge is 0.137 e. The van der Waals surface area contributed by atoms with Crippen LogP contribution in [0.3, 0.4) is 0 Å². The van der Waals surface area contributed by atoms with Crippen molar-refractivity contribution in [2.24, 2.45) is 17.3 Å². The molecule has 3 heteroatoms. The first-order chi connectivity index (χ1) is 8.75. The van der Waals surface area contributed by atoms with Crippen molar-refractivity contribution in [3.8, 4) is 0 Å². The van der Waals surface area contributed by atoms with Gasteiger partial charge >= 0.3 is 0 Å². The van der Waals surface area contributed by atoms with E-state index in [-0.39, 0.29) is 12.5 Å². The van der Waals surface area contributed by atoms with E-state index in [1.54, 1.807) is 0 Å². The minimum Gasteiger partial charge on any atom is -0.395 e. The largest absolute Gasteiger partial charge is 0.395 e. The molecule has 1 rings (SSSR count). The molecule has 0 amide bonds. The lowest BCUT2D eigenvalue weighted by atomic mass is 9.68. The van der Waals surface area contributed by atoms with Gasteiger partial charge in [-0.15, -0.1) is 0 Å². The van der Waals surface area contributed by atoms with Crippen LogP contribution in [0.25, 0.3) is 0 Å². The average Bonchev–Trinajstić information content (AvgIpc) is 2.29. The Hall–Kier alpha value is -0.410. The molecular formula is C16H31NO2. The van der Waals surface area contributed by atoms with Crippen LogP contribution in [0.15, 0.2) is 0 Å². The molecular weight excluding hydrogens is 238 g/mol. The van der Waals surface area contributed by atoms with E-state index in [1.165, 1.54) is 0 Å². The van der Waals surface area contributed by atoms with Crippen molar-refractivity contribution in [2.45, 2.75) is 59.9 Å². The number of hydrogen-bond donors (Lipinski definition) is 1. The highest BCUT2D eigenvalue weighted by Crippen LogP contribution is 2.39. The van der Waals surface area contributed by atoms with Gasteiger partial charge in [-0.3, -0.25) is 9.69 Å². The lowest BCUT2D eigenvalue weighted by molar-refractivity contribution is -0.127. The molecule has 1 fully saturated rings. The number of Topliss-reactive ketones (excluding diaryl/α,β-unsaturated/α-hetero) is 1. The van der Waals surface area contributed by atoms with Crippen molar-refractivity contribution in [2.75, 3.05) is 19.7 Å². The molecule has 1 saturated carbocycles. The van der Waals surface area contributed by atoms with E-state index in [0.29, 0.717) is 29.7 Å². The Morgan fingerprint density at radius 3 is 2.47 bits per heavy atom. The predicted molar refractivity (Wildman–Crippen MR) is 79.1 cm³/mol. The molecule has 0 bridgehead atoms. The van der Waals surface area contributed by atoms with Crippen LogP contribution in [0, 0.1) is 17.3 Å². The average molecular weight is 269 g/mol. The summed E-state index contributed by atoms with van der Waals surface area (Å²) in [5, 5.41) is 9.14. The molecule has 2 atom stereocenters. The van der Waals surface area contributed by atoms with Gasteiger partial charge in [0.1, 0.15) is 5.78 Å². The van der Waals surface area contributed by atoms with Crippen LogP contribution in [0.5, 0.6) is 0 Å². The lowest BCUT2D eigenvalue weighted by Gasteiger charge is -2.39. The fraction of sp³-hybridized carbons (Fsp3) is 0.938. The summed E-state index contributed by atoms with van der Waals surface area (Å²) in [7, 11) is 0. The molecule has 1 aliphatic carbocycles. The monoisotopic (exact) mass is 269 g/mol. The summed E-state index contributed by atoms with van der Waals surface area (Å²) >= 11 is 0. The Bertz CT molecular complexity index is 294. The second-order valence-electron chi connectivity index (χ2n) is 7.31. The van der Waals surface area contributed by atoms with E-state index in [2.05, 4.69) is 39.5 Å². The highest BCUT2D eigenvalue weighted by atomic mass is 16.3. The molecule has 112 valence electrons. The highest BCUT2D eigenvalue weighted by molar-refractivity contribution is 5.82. The number of carbonyl (C=O) groups excluding carboxylic acids is 1. The number of carbonyl (C=O) groups is 1. The van der Waals surface area contributed by atoms with Gasteiger partial charge in [-0.2, -0.15) is 0 Å². The number of ketones is 1. The summed E-state index contributed by atoms with van der Waals surface area (Å²) in [5.74, 6) is 1.22. The molecule has 0 saturated heterocycles. The van der Waals surface area contributed by atoms with Crippen LogP contribution in [0.2, 0.25) is 0 Å². The first-order valence-corrected chi connectivity index (χ1v) is 7.63. The van der Waals surface area contributed by atoms with Gasteiger partial charge in [0.2, 0.25) is 0 Å². The second kappa shape index (κ2) is 6.85. The molecule has 0 aromatic carbocycles. The van der Waals surface area contributed by atoms with Gasteiger partial charge in [0, 0.05) is 31.5 Å². The summed E-state index contributed by atoms with van der Waals surface area (Å²) in [6.07, 6.45) is 2.79. The number of aliphatic hydroxyl groups excluding tert-OH is 1. The van der Waals surface area contributed by atoms with E-state index in [0.717, 1.165) is 25.8 Å². The van der Waals surface area contributed by atoms with E-state index < -0.39 is 0 Å². The van der Waals surface area contributed by atoms with Gasteiger partial charge in [0.15, 0.2) is 0 Å². The van der Waals surface area contributed by atoms with Gasteiger partial charge in [-0.05, 0) is 38.0 Å². The molecule has 19 heavy (non-hydrogen) atoms. The standard InChI is InChI=1S/C16H31NO2/c1-12(2)17(8-9-18)11-13-10-14(16(3,4)5)6-7-15(13)19/h12-14,18H,6-11H2,1-5H3. The Balaban J connectivity index is 2.66. The fourth-order valence-electron chi connectivity index (χ4n) is 3.05. The molecule has 0 aromatic heterocycles. The quantitative estimate of drug-likeness (QED) is 0.834. The molecule has 2 unspecified atom stereocenters. The Kier molecular flexibility index (Phi) is 6.00. The maximum Gasteiger partial charge on any atom is 0.137 e. The maximum atomic E-state index is 12.1. The minimum atomic E-state index is 0.159. The normalized spacial score (nSPS) is 25.4. The SMILES string of the molecule is CC(C)N(CCO)CC1CC(C(C)(C)C)CCC1=O. The Labute approximate surface area is 118 Å². The van der Waals surface area contributed by atoms with Crippen molar-refractivity contribution in [1.29, 1.82) is 0 Å². The summed E-state index contributed by atoms with van der Waals surface area (Å²) < 4.78 is 0. The molecule has 1 aliphatic rings. The van der Waals surface area contributed by atoms with Gasteiger partial charge in [-0.1, -0.05) is 20.8 Å². The molecule has 3 nitrogen and oxygen atoms in total. The summed E-state index contributed by atoms with van der Waals surface area (Å²) in [5.41, 5.74) is 0.290. The van der Waals surface area contributed by atoms with Gasteiger partial charge in [0.05, 0.1) is 6.61 Å². The highest BCUT2D eigenvalue weighted by Gasteiger charge is 2.35. The van der Waals surface area contributed by atoms with Crippen molar-refractivity contribution < 1.29 is 9.90 Å². The number of aliphatic hydroxyl groups is 1. The van der Waals surface area contributed by atoms with Crippen molar-refractivity contribution in [3.05, 3.63) is 0 Å². The molecule has 0 radical (unpaired) electrons. The Morgan fingerprint density at radius 2 is 2.00 bits per heavy atom. The number of rotatable bonds is 5. The lowest BCUT2D eigenvalue weighted by Crippen LogP contribution is -2.42. The molecule has 1 N–H and O–H groups in total. The summed E-state index contributed by atoms with van der Waals surface area (Å²) in [4.78, 5) is 14.4. The van der Waals surface area contributed by atoms with Crippen LogP contribution in [-0.2, 0) is 4.79 Å². The zero-order chi connectivity index (χ0) is 14.6. The summed E-state index contributed by atoms with van der Waals surface area (Å²) in [6.45, 7) is 12.7. The van der Waals surface area contributed by atoms with Crippen molar-refractivity contribution >= 4 is 5.78 Å². The molecule has 0 heterocycles. The third kappa shape index (κ3) is 4.88. The molecule has 0 aromatic rings. The molecule has 0 spiro atoms. The zero-order valence-corrected chi connectivity index (χ0v) is 13.3. The molecule has 0 aliphatic heterocycles. The van der Waals surface area contributed by atoms with Crippen LogP contribution < -0.4 is 0 Å². The zero-order valence-electron chi connectivity index (χ0n) is 13.3. The van der Waals surface area contributed by atoms with Crippen molar-refractivity contribution in [3.63, 3.8) is 0 Å². The van der Waals surface area contributed by atoms with Gasteiger partial charge in [0.25, 0.3) is 0 Å². The van der Waals surface area contributed by atoms with E-state index in [9.17, 15) is 4.79 Å².